The third-order valence-corrected chi connectivity index (χ3v) is 5.54. The molecule has 1 aliphatic heterocycles. The Labute approximate surface area is 160 Å². The monoisotopic (exact) mass is 366 g/mol. The molecule has 1 aliphatic carbocycles. The average molecular weight is 366 g/mol. The summed E-state index contributed by atoms with van der Waals surface area (Å²) in [5.41, 5.74) is 3.36. The van der Waals surface area contributed by atoms with E-state index in [0.29, 0.717) is 12.1 Å². The van der Waals surface area contributed by atoms with Gasteiger partial charge in [-0.05, 0) is 36.1 Å². The van der Waals surface area contributed by atoms with Crippen molar-refractivity contribution in [3.63, 3.8) is 0 Å². The molecule has 5 heteroatoms. The smallest absolute Gasteiger partial charge is 0.221 e. The van der Waals surface area contributed by atoms with E-state index in [9.17, 15) is 4.79 Å². The van der Waals surface area contributed by atoms with Crippen LogP contribution in [0.1, 0.15) is 30.6 Å². The first kappa shape index (κ1) is 18.0. The van der Waals surface area contributed by atoms with Crippen LogP contribution in [0, 0.1) is 0 Å². The Morgan fingerprint density at radius 2 is 2.04 bits per heavy atom. The van der Waals surface area contributed by atoms with Crippen LogP contribution in [0.5, 0.6) is 5.75 Å². The van der Waals surface area contributed by atoms with Gasteiger partial charge in [-0.3, -0.25) is 9.69 Å². The minimum Gasteiger partial charge on any atom is -0.484 e. The van der Waals surface area contributed by atoms with Crippen molar-refractivity contribution in [1.29, 1.82) is 0 Å². The standard InChI is InChI=1S/C22H26N2O3/c1-15(25)23-17-7-5-8-18(13-17)27-22-20-9-4-3-6-16(20)12-21(22)24-11-10-19(14-24)26-2/h3-9,13,19,21-22H,10-12,14H2,1-2H3,(H,23,25)/t19-,21?,22?/m1/s1. The molecule has 0 radical (unpaired) electrons. The van der Waals surface area contributed by atoms with E-state index in [1.54, 1.807) is 7.11 Å². The molecule has 1 amide bonds. The molecule has 0 spiro atoms. The number of benzene rings is 2. The van der Waals surface area contributed by atoms with Crippen molar-refractivity contribution in [2.24, 2.45) is 0 Å². The van der Waals surface area contributed by atoms with Crippen molar-refractivity contribution in [2.75, 3.05) is 25.5 Å². The van der Waals surface area contributed by atoms with Crippen molar-refractivity contribution in [1.82, 2.24) is 4.90 Å². The summed E-state index contributed by atoms with van der Waals surface area (Å²) < 4.78 is 12.0. The van der Waals surface area contributed by atoms with Crippen molar-refractivity contribution in [3.8, 4) is 5.75 Å². The number of carbonyl (C=O) groups is 1. The Balaban J connectivity index is 1.58. The maximum Gasteiger partial charge on any atom is 0.221 e. The number of nitrogens with zero attached hydrogens (tertiary/aromatic N) is 1. The molecule has 2 aromatic carbocycles. The molecule has 4 rings (SSSR count). The van der Waals surface area contributed by atoms with E-state index in [1.165, 1.54) is 18.1 Å². The maximum atomic E-state index is 11.3. The number of amides is 1. The maximum absolute atomic E-state index is 11.3. The van der Waals surface area contributed by atoms with Gasteiger partial charge in [0.2, 0.25) is 5.91 Å². The van der Waals surface area contributed by atoms with E-state index in [0.717, 1.165) is 37.4 Å². The second-order valence-electron chi connectivity index (χ2n) is 7.36. The predicted octanol–water partition coefficient (Wildman–Crippen LogP) is 3.41. The lowest BCUT2D eigenvalue weighted by Gasteiger charge is -2.30. The van der Waals surface area contributed by atoms with E-state index < -0.39 is 0 Å². The zero-order chi connectivity index (χ0) is 18.8. The molecule has 3 atom stereocenters. The molecule has 2 unspecified atom stereocenters. The first-order chi connectivity index (χ1) is 13.1. The SMILES string of the molecule is CO[C@@H]1CCN(C2Cc3ccccc3C2Oc2cccc(NC(C)=O)c2)C1. The Morgan fingerprint density at radius 1 is 1.19 bits per heavy atom. The van der Waals surface area contributed by atoms with Gasteiger partial charge in [-0.2, -0.15) is 0 Å². The lowest BCUT2D eigenvalue weighted by Crippen LogP contribution is -2.39. The van der Waals surface area contributed by atoms with Crippen molar-refractivity contribution >= 4 is 11.6 Å². The summed E-state index contributed by atoms with van der Waals surface area (Å²) in [5, 5.41) is 2.82. The fourth-order valence-corrected chi connectivity index (χ4v) is 4.24. The van der Waals surface area contributed by atoms with Gasteiger partial charge in [0.05, 0.1) is 12.1 Å². The van der Waals surface area contributed by atoms with Gasteiger partial charge in [0, 0.05) is 38.9 Å². The number of fused-ring (bicyclic) bond motifs is 1. The second kappa shape index (κ2) is 7.71. The van der Waals surface area contributed by atoms with Gasteiger partial charge in [0.15, 0.2) is 0 Å². The fourth-order valence-electron chi connectivity index (χ4n) is 4.24. The third-order valence-electron chi connectivity index (χ3n) is 5.54. The molecule has 1 N–H and O–H groups in total. The van der Waals surface area contributed by atoms with Gasteiger partial charge < -0.3 is 14.8 Å². The number of methoxy groups -OCH3 is 1. The van der Waals surface area contributed by atoms with Gasteiger partial charge in [-0.15, -0.1) is 0 Å². The summed E-state index contributed by atoms with van der Waals surface area (Å²) in [4.78, 5) is 13.8. The molecule has 2 aromatic rings. The highest BCUT2D eigenvalue weighted by Gasteiger charge is 2.40. The zero-order valence-electron chi connectivity index (χ0n) is 15.9. The number of carbonyl (C=O) groups excluding carboxylic acids is 1. The summed E-state index contributed by atoms with van der Waals surface area (Å²) in [6, 6.07) is 16.5. The van der Waals surface area contributed by atoms with E-state index in [4.69, 9.17) is 9.47 Å². The van der Waals surface area contributed by atoms with Crippen LogP contribution in [0.3, 0.4) is 0 Å². The number of likely N-dealkylation sites (tertiary alicyclic amines) is 1. The van der Waals surface area contributed by atoms with Gasteiger partial charge in [-0.1, -0.05) is 30.3 Å². The number of hydrogen-bond acceptors (Lipinski definition) is 4. The van der Waals surface area contributed by atoms with Gasteiger partial charge in [0.25, 0.3) is 0 Å². The molecular weight excluding hydrogens is 340 g/mol. The number of rotatable bonds is 5. The summed E-state index contributed by atoms with van der Waals surface area (Å²) in [7, 11) is 1.79. The summed E-state index contributed by atoms with van der Waals surface area (Å²) in [5.74, 6) is 0.689. The summed E-state index contributed by atoms with van der Waals surface area (Å²) in [6.45, 7) is 3.49. The Kier molecular flexibility index (Phi) is 5.14. The minimum atomic E-state index is -0.0843. The molecule has 1 saturated heterocycles. The van der Waals surface area contributed by atoms with Crippen molar-refractivity contribution in [3.05, 3.63) is 59.7 Å². The van der Waals surface area contributed by atoms with Crippen LogP contribution in [0.2, 0.25) is 0 Å². The molecule has 142 valence electrons. The van der Waals surface area contributed by atoms with E-state index >= 15 is 0 Å². The normalized spacial score (nSPS) is 24.6. The van der Waals surface area contributed by atoms with Crippen LogP contribution in [-0.2, 0) is 16.0 Å². The Morgan fingerprint density at radius 3 is 2.81 bits per heavy atom. The molecule has 27 heavy (non-hydrogen) atoms. The van der Waals surface area contributed by atoms with E-state index in [1.807, 2.05) is 24.3 Å². The first-order valence-corrected chi connectivity index (χ1v) is 9.53. The number of ether oxygens (including phenoxy) is 2. The highest BCUT2D eigenvalue weighted by molar-refractivity contribution is 5.88. The predicted molar refractivity (Wildman–Crippen MR) is 105 cm³/mol. The first-order valence-electron chi connectivity index (χ1n) is 9.53. The average Bonchev–Trinajstić information content (AvgIpc) is 3.26. The van der Waals surface area contributed by atoms with Crippen LogP contribution in [0.4, 0.5) is 5.69 Å². The quantitative estimate of drug-likeness (QED) is 0.881. The van der Waals surface area contributed by atoms with E-state index in [2.05, 4.69) is 34.5 Å². The van der Waals surface area contributed by atoms with Crippen molar-refractivity contribution < 1.29 is 14.3 Å². The highest BCUT2D eigenvalue weighted by Crippen LogP contribution is 2.39. The molecule has 2 aliphatic rings. The van der Waals surface area contributed by atoms with Crippen LogP contribution in [0.15, 0.2) is 48.5 Å². The Bertz CT molecular complexity index is 823. The van der Waals surface area contributed by atoms with Crippen LogP contribution in [0.25, 0.3) is 0 Å². The molecule has 0 bridgehead atoms. The van der Waals surface area contributed by atoms with E-state index in [-0.39, 0.29) is 12.0 Å². The largest absolute Gasteiger partial charge is 0.484 e. The fraction of sp³-hybridized carbons (Fsp3) is 0.409. The lowest BCUT2D eigenvalue weighted by atomic mass is 10.1. The van der Waals surface area contributed by atoms with Crippen LogP contribution in [-0.4, -0.2) is 43.2 Å². The zero-order valence-corrected chi connectivity index (χ0v) is 15.9. The molecule has 5 nitrogen and oxygen atoms in total. The Hall–Kier alpha value is -2.37. The molecule has 1 fully saturated rings. The number of anilines is 1. The lowest BCUT2D eigenvalue weighted by molar-refractivity contribution is -0.114. The topological polar surface area (TPSA) is 50.8 Å². The minimum absolute atomic E-state index is 0.0237. The highest BCUT2D eigenvalue weighted by atomic mass is 16.5. The van der Waals surface area contributed by atoms with Crippen molar-refractivity contribution in [2.45, 2.75) is 38.0 Å². The molecule has 1 heterocycles. The molecule has 0 aromatic heterocycles. The molecule has 0 saturated carbocycles. The van der Waals surface area contributed by atoms with Gasteiger partial charge >= 0.3 is 0 Å². The van der Waals surface area contributed by atoms with Gasteiger partial charge in [-0.25, -0.2) is 0 Å². The number of hydrogen-bond donors (Lipinski definition) is 1. The van der Waals surface area contributed by atoms with Crippen LogP contribution >= 0.6 is 0 Å². The summed E-state index contributed by atoms with van der Waals surface area (Å²) in [6.07, 6.45) is 2.33. The molecular formula is C22H26N2O3. The number of nitrogens with one attached hydrogen (secondary N) is 1. The van der Waals surface area contributed by atoms with Crippen LogP contribution < -0.4 is 10.1 Å². The second-order valence-corrected chi connectivity index (χ2v) is 7.36. The third kappa shape index (κ3) is 3.84. The van der Waals surface area contributed by atoms with Gasteiger partial charge in [0.1, 0.15) is 11.9 Å². The summed E-state index contributed by atoms with van der Waals surface area (Å²) >= 11 is 0.